The molecule has 2 aromatic heterocycles. The molecule has 5 nitrogen and oxygen atoms in total. The van der Waals surface area contributed by atoms with E-state index in [1.165, 1.54) is 76.6 Å². The third-order valence-electron chi connectivity index (χ3n) is 14.7. The van der Waals surface area contributed by atoms with Crippen LogP contribution in [0.2, 0.25) is 0 Å². The van der Waals surface area contributed by atoms with E-state index >= 15 is 0 Å². The summed E-state index contributed by atoms with van der Waals surface area (Å²) < 4.78 is 6.46. The quantitative estimate of drug-likeness (QED) is 0.174. The van der Waals surface area contributed by atoms with Gasteiger partial charge in [-0.3, -0.25) is 0 Å². The van der Waals surface area contributed by atoms with E-state index in [2.05, 4.69) is 109 Å². The van der Waals surface area contributed by atoms with E-state index in [1.807, 2.05) is 54.6 Å². The molecule has 2 heterocycles. The minimum absolute atomic E-state index is 0.0400. The van der Waals surface area contributed by atoms with Gasteiger partial charge >= 0.3 is 0 Å². The van der Waals surface area contributed by atoms with Crippen molar-refractivity contribution in [3.63, 3.8) is 0 Å². The van der Waals surface area contributed by atoms with E-state index in [9.17, 15) is 5.26 Å². The Labute approximate surface area is 354 Å². The van der Waals surface area contributed by atoms with Gasteiger partial charge in [-0.2, -0.15) is 5.26 Å². The molecule has 290 valence electrons. The zero-order valence-corrected chi connectivity index (χ0v) is 33.6. The Bertz CT molecular complexity index is 3180. The molecule has 5 heteroatoms. The number of fused-ring (bicyclic) bond motifs is 6. The van der Waals surface area contributed by atoms with Gasteiger partial charge in [0.2, 0.25) is 0 Å². The SMILES string of the molecule is N#Cc1ccc2c(c1)oc1cc(-c3cccc4c3C3(c5cc(-c6ccc(-c7nc(-c8ccccc8)nc(-c8ccccc8)n7)cc6)ccc5-4)C4CC5CC(C4)CC3C5)ccc12. The first kappa shape index (κ1) is 34.7. The van der Waals surface area contributed by atoms with Crippen LogP contribution < -0.4 is 0 Å². The topological polar surface area (TPSA) is 75.6 Å². The van der Waals surface area contributed by atoms with Crippen molar-refractivity contribution >= 4 is 21.9 Å². The highest BCUT2D eigenvalue weighted by atomic mass is 16.3. The predicted octanol–water partition coefficient (Wildman–Crippen LogP) is 13.7. The summed E-state index contributed by atoms with van der Waals surface area (Å²) in [5.74, 6) is 4.91. The number of aromatic nitrogens is 3. The van der Waals surface area contributed by atoms with Gasteiger partial charge in [-0.05, 0) is 137 Å². The lowest BCUT2D eigenvalue weighted by atomic mass is 9.42. The number of hydrogen-bond acceptors (Lipinski definition) is 5. The fourth-order valence-electron chi connectivity index (χ4n) is 12.4. The van der Waals surface area contributed by atoms with Crippen LogP contribution in [-0.2, 0) is 5.41 Å². The summed E-state index contributed by atoms with van der Waals surface area (Å²) in [6.45, 7) is 0. The van der Waals surface area contributed by atoms with Crippen LogP contribution in [-0.4, -0.2) is 15.0 Å². The maximum absolute atomic E-state index is 9.56. The molecule has 5 aliphatic carbocycles. The first-order chi connectivity index (χ1) is 30.1. The van der Waals surface area contributed by atoms with Gasteiger partial charge in [-0.1, -0.05) is 121 Å². The molecule has 0 aliphatic heterocycles. The highest BCUT2D eigenvalue weighted by Gasteiger charge is 2.62. The Morgan fingerprint density at radius 2 is 1.00 bits per heavy atom. The molecule has 61 heavy (non-hydrogen) atoms. The standard InChI is InChI=1S/C56H40N4O/c57-32-33-14-21-46-47-23-20-41(31-51(47)61-50(46)29-33)44-12-7-13-48-45-22-19-40(30-49(45)56(52(44)48)42-25-34-24-35(27-42)28-43(56)26-34)36-15-17-39(18-16-36)55-59-53(37-8-3-1-4-9-37)58-54(60-55)38-10-5-2-6-11-38/h1-23,29-31,34-35,42-43H,24-28H2. The van der Waals surface area contributed by atoms with Crippen LogP contribution in [0.15, 0.2) is 162 Å². The monoisotopic (exact) mass is 784 g/mol. The van der Waals surface area contributed by atoms with E-state index < -0.39 is 0 Å². The fraction of sp³-hybridized carbons (Fsp3) is 0.179. The summed E-state index contributed by atoms with van der Waals surface area (Å²) in [7, 11) is 0. The lowest BCUT2D eigenvalue weighted by Gasteiger charge is -2.61. The predicted molar refractivity (Wildman–Crippen MR) is 242 cm³/mol. The highest BCUT2D eigenvalue weighted by Crippen LogP contribution is 2.70. The summed E-state index contributed by atoms with van der Waals surface area (Å²) in [5.41, 5.74) is 15.9. The Morgan fingerprint density at radius 1 is 0.459 bits per heavy atom. The first-order valence-corrected chi connectivity index (χ1v) is 21.7. The molecule has 0 amide bonds. The summed E-state index contributed by atoms with van der Waals surface area (Å²) in [6.07, 6.45) is 6.65. The molecule has 14 rings (SSSR count). The van der Waals surface area contributed by atoms with Crippen LogP contribution in [0.1, 0.15) is 48.8 Å². The molecule has 1 spiro atoms. The summed E-state index contributed by atoms with van der Waals surface area (Å²) >= 11 is 0. The number of hydrogen-bond donors (Lipinski definition) is 0. The molecule has 5 aliphatic rings. The van der Waals surface area contributed by atoms with Crippen molar-refractivity contribution in [3.05, 3.63) is 174 Å². The Balaban J connectivity index is 0.926. The lowest BCUT2D eigenvalue weighted by molar-refractivity contribution is -0.0397. The third kappa shape index (κ3) is 5.21. The van der Waals surface area contributed by atoms with Crippen molar-refractivity contribution in [1.82, 2.24) is 15.0 Å². The Kier molecular flexibility index (Phi) is 7.49. The van der Waals surface area contributed by atoms with Crippen molar-refractivity contribution in [2.24, 2.45) is 23.7 Å². The van der Waals surface area contributed by atoms with Crippen LogP contribution in [0, 0.1) is 35.0 Å². The number of furan rings is 1. The molecule has 0 radical (unpaired) electrons. The second kappa shape index (κ2) is 13.2. The number of nitriles is 1. The molecule has 0 N–H and O–H groups in total. The van der Waals surface area contributed by atoms with Gasteiger partial charge in [0.15, 0.2) is 17.5 Å². The van der Waals surface area contributed by atoms with Crippen LogP contribution in [0.5, 0.6) is 0 Å². The van der Waals surface area contributed by atoms with Gasteiger partial charge in [-0.15, -0.1) is 0 Å². The number of rotatable bonds is 5. The van der Waals surface area contributed by atoms with E-state index in [-0.39, 0.29) is 5.41 Å². The molecule has 4 fully saturated rings. The largest absolute Gasteiger partial charge is 0.456 e. The van der Waals surface area contributed by atoms with E-state index in [4.69, 9.17) is 19.4 Å². The van der Waals surface area contributed by atoms with Crippen LogP contribution in [0.3, 0.4) is 0 Å². The van der Waals surface area contributed by atoms with Crippen molar-refractivity contribution in [1.29, 1.82) is 5.26 Å². The van der Waals surface area contributed by atoms with Gasteiger partial charge in [0.05, 0.1) is 11.6 Å². The van der Waals surface area contributed by atoms with E-state index in [1.54, 1.807) is 0 Å². The van der Waals surface area contributed by atoms with Crippen LogP contribution in [0.25, 0.3) is 89.5 Å². The lowest BCUT2D eigenvalue weighted by Crippen LogP contribution is -2.55. The maximum Gasteiger partial charge on any atom is 0.164 e. The molecule has 9 aromatic rings. The highest BCUT2D eigenvalue weighted by molar-refractivity contribution is 6.06. The first-order valence-electron chi connectivity index (χ1n) is 21.7. The second-order valence-electron chi connectivity index (χ2n) is 17.9. The molecular formula is C56H40N4O. The van der Waals surface area contributed by atoms with Gasteiger partial charge < -0.3 is 4.42 Å². The Hall–Kier alpha value is -7.16. The van der Waals surface area contributed by atoms with Crippen molar-refractivity contribution in [2.45, 2.75) is 37.5 Å². The van der Waals surface area contributed by atoms with E-state index in [0.29, 0.717) is 34.9 Å². The van der Waals surface area contributed by atoms with Crippen molar-refractivity contribution < 1.29 is 4.42 Å². The van der Waals surface area contributed by atoms with Gasteiger partial charge in [0, 0.05) is 32.9 Å². The molecule has 0 atom stereocenters. The smallest absolute Gasteiger partial charge is 0.164 e. The maximum atomic E-state index is 9.56. The van der Waals surface area contributed by atoms with Gasteiger partial charge in [0.1, 0.15) is 11.2 Å². The van der Waals surface area contributed by atoms with Crippen LogP contribution >= 0.6 is 0 Å². The Morgan fingerprint density at radius 3 is 1.64 bits per heavy atom. The minimum atomic E-state index is -0.0400. The second-order valence-corrected chi connectivity index (χ2v) is 17.9. The molecule has 4 bridgehead atoms. The van der Waals surface area contributed by atoms with Gasteiger partial charge in [0.25, 0.3) is 0 Å². The molecule has 4 saturated carbocycles. The molecule has 7 aromatic carbocycles. The van der Waals surface area contributed by atoms with Crippen molar-refractivity contribution in [3.8, 4) is 73.6 Å². The molecule has 0 saturated heterocycles. The van der Waals surface area contributed by atoms with Gasteiger partial charge in [-0.25, -0.2) is 15.0 Å². The summed E-state index contributed by atoms with van der Waals surface area (Å²) in [5, 5.41) is 11.7. The van der Waals surface area contributed by atoms with Crippen LogP contribution in [0.4, 0.5) is 0 Å². The average Bonchev–Trinajstić information content (AvgIpc) is 3.83. The third-order valence-corrected chi connectivity index (χ3v) is 14.7. The number of nitrogens with zero attached hydrogens (tertiary/aromatic N) is 4. The average molecular weight is 785 g/mol. The summed E-state index contributed by atoms with van der Waals surface area (Å²) in [6, 6.07) is 58.2. The normalized spacial score (nSPS) is 21.8. The van der Waals surface area contributed by atoms with E-state index in [0.717, 1.165) is 50.5 Å². The molecular weight excluding hydrogens is 745 g/mol. The minimum Gasteiger partial charge on any atom is -0.456 e. The summed E-state index contributed by atoms with van der Waals surface area (Å²) in [4.78, 5) is 14.9. The van der Waals surface area contributed by atoms with Crippen molar-refractivity contribution in [2.75, 3.05) is 0 Å². The zero-order chi connectivity index (χ0) is 40.2. The fourth-order valence-corrected chi connectivity index (χ4v) is 12.4. The molecule has 0 unspecified atom stereocenters. The number of benzene rings is 7. The zero-order valence-electron chi connectivity index (χ0n) is 33.6.